The standard InChI is InChI=1S/C22H15I/c23-20-11-12-21-19(14-20)13-18(16-7-3-1-4-8-16)15-22(21)17-9-5-2-6-10-17/h1-15H. The first-order valence-electron chi connectivity index (χ1n) is 7.65. The lowest BCUT2D eigenvalue weighted by Crippen LogP contribution is -1.86. The topological polar surface area (TPSA) is 0 Å². The summed E-state index contributed by atoms with van der Waals surface area (Å²) < 4.78 is 1.26. The van der Waals surface area contributed by atoms with Crippen molar-refractivity contribution in [2.75, 3.05) is 0 Å². The van der Waals surface area contributed by atoms with Crippen molar-refractivity contribution in [3.63, 3.8) is 0 Å². The van der Waals surface area contributed by atoms with E-state index < -0.39 is 0 Å². The van der Waals surface area contributed by atoms with Crippen molar-refractivity contribution >= 4 is 33.4 Å². The van der Waals surface area contributed by atoms with E-state index in [1.165, 1.54) is 36.6 Å². The van der Waals surface area contributed by atoms with Gasteiger partial charge in [0.25, 0.3) is 0 Å². The van der Waals surface area contributed by atoms with Gasteiger partial charge in [-0.25, -0.2) is 0 Å². The molecule has 0 heterocycles. The van der Waals surface area contributed by atoms with Crippen LogP contribution in [0.1, 0.15) is 0 Å². The Balaban J connectivity index is 2.03. The second-order valence-electron chi connectivity index (χ2n) is 5.62. The molecular weight excluding hydrogens is 391 g/mol. The van der Waals surface area contributed by atoms with E-state index in [0.717, 1.165) is 0 Å². The molecule has 0 aromatic heterocycles. The lowest BCUT2D eigenvalue weighted by atomic mass is 9.93. The van der Waals surface area contributed by atoms with Gasteiger partial charge in [-0.1, -0.05) is 66.7 Å². The van der Waals surface area contributed by atoms with Crippen molar-refractivity contribution in [3.8, 4) is 22.3 Å². The summed E-state index contributed by atoms with van der Waals surface area (Å²) in [5, 5.41) is 2.59. The monoisotopic (exact) mass is 406 g/mol. The highest BCUT2D eigenvalue weighted by Gasteiger charge is 2.08. The number of hydrogen-bond donors (Lipinski definition) is 0. The summed E-state index contributed by atoms with van der Waals surface area (Å²) in [5.74, 6) is 0. The fourth-order valence-corrected chi connectivity index (χ4v) is 3.51. The van der Waals surface area contributed by atoms with Crippen LogP contribution in [-0.4, -0.2) is 0 Å². The van der Waals surface area contributed by atoms with Gasteiger partial charge in [-0.05, 0) is 79.9 Å². The average molecular weight is 406 g/mol. The summed E-state index contributed by atoms with van der Waals surface area (Å²) in [6, 6.07) is 32.5. The van der Waals surface area contributed by atoms with Gasteiger partial charge in [0.05, 0.1) is 0 Å². The largest absolute Gasteiger partial charge is 0.0622 e. The van der Waals surface area contributed by atoms with Crippen LogP contribution in [0.5, 0.6) is 0 Å². The van der Waals surface area contributed by atoms with Crippen LogP contribution in [0, 0.1) is 3.57 Å². The number of rotatable bonds is 2. The van der Waals surface area contributed by atoms with Crippen LogP contribution in [0.3, 0.4) is 0 Å². The van der Waals surface area contributed by atoms with E-state index in [4.69, 9.17) is 0 Å². The Morgan fingerprint density at radius 3 is 1.87 bits per heavy atom. The van der Waals surface area contributed by atoms with E-state index in [0.29, 0.717) is 0 Å². The Bertz CT molecular complexity index is 957. The molecule has 0 fully saturated rings. The third kappa shape index (κ3) is 2.89. The predicted octanol–water partition coefficient (Wildman–Crippen LogP) is 6.78. The van der Waals surface area contributed by atoms with Crippen molar-refractivity contribution in [2.45, 2.75) is 0 Å². The summed E-state index contributed by atoms with van der Waals surface area (Å²) in [6.07, 6.45) is 0. The molecule has 0 atom stereocenters. The van der Waals surface area contributed by atoms with Crippen LogP contribution in [0.25, 0.3) is 33.0 Å². The Hall–Kier alpha value is -2.13. The maximum Gasteiger partial charge on any atom is 0.0136 e. The van der Waals surface area contributed by atoms with Gasteiger partial charge in [0.1, 0.15) is 0 Å². The van der Waals surface area contributed by atoms with Gasteiger partial charge in [0, 0.05) is 3.57 Å². The van der Waals surface area contributed by atoms with Gasteiger partial charge >= 0.3 is 0 Å². The first kappa shape index (κ1) is 14.5. The van der Waals surface area contributed by atoms with Crippen molar-refractivity contribution in [3.05, 3.63) is 94.6 Å². The third-order valence-corrected chi connectivity index (χ3v) is 4.78. The molecule has 0 aliphatic rings. The lowest BCUT2D eigenvalue weighted by molar-refractivity contribution is 1.61. The Morgan fingerprint density at radius 2 is 1.17 bits per heavy atom. The predicted molar refractivity (Wildman–Crippen MR) is 108 cm³/mol. The third-order valence-electron chi connectivity index (χ3n) is 4.11. The van der Waals surface area contributed by atoms with Gasteiger partial charge < -0.3 is 0 Å². The normalized spacial score (nSPS) is 10.8. The molecule has 4 aromatic rings. The van der Waals surface area contributed by atoms with E-state index in [9.17, 15) is 0 Å². The number of hydrogen-bond acceptors (Lipinski definition) is 0. The highest BCUT2D eigenvalue weighted by Crippen LogP contribution is 2.34. The molecule has 0 aliphatic carbocycles. The molecule has 23 heavy (non-hydrogen) atoms. The minimum atomic E-state index is 1.26. The number of benzene rings is 4. The lowest BCUT2D eigenvalue weighted by Gasteiger charge is -2.11. The second-order valence-corrected chi connectivity index (χ2v) is 6.87. The quantitative estimate of drug-likeness (QED) is 0.322. The minimum absolute atomic E-state index is 1.26. The van der Waals surface area contributed by atoms with Gasteiger partial charge in [0.15, 0.2) is 0 Å². The molecular formula is C22H15I. The van der Waals surface area contributed by atoms with E-state index in [-0.39, 0.29) is 0 Å². The fourth-order valence-electron chi connectivity index (χ4n) is 2.99. The van der Waals surface area contributed by atoms with E-state index in [1.54, 1.807) is 0 Å². The van der Waals surface area contributed by atoms with Crippen LogP contribution in [0.4, 0.5) is 0 Å². The van der Waals surface area contributed by atoms with Crippen LogP contribution in [-0.2, 0) is 0 Å². The van der Waals surface area contributed by atoms with Crippen LogP contribution < -0.4 is 0 Å². The second kappa shape index (κ2) is 6.17. The van der Waals surface area contributed by atoms with Crippen molar-refractivity contribution in [1.29, 1.82) is 0 Å². The molecule has 4 rings (SSSR count). The molecule has 110 valence electrons. The van der Waals surface area contributed by atoms with Crippen LogP contribution in [0.2, 0.25) is 0 Å². The first-order valence-corrected chi connectivity index (χ1v) is 8.73. The van der Waals surface area contributed by atoms with Crippen molar-refractivity contribution in [2.24, 2.45) is 0 Å². The molecule has 0 bridgehead atoms. The maximum absolute atomic E-state index is 2.38. The molecule has 0 saturated carbocycles. The first-order chi connectivity index (χ1) is 11.3. The zero-order chi connectivity index (χ0) is 15.6. The van der Waals surface area contributed by atoms with Gasteiger partial charge in [-0.15, -0.1) is 0 Å². The molecule has 0 spiro atoms. The summed E-state index contributed by atoms with van der Waals surface area (Å²) in [4.78, 5) is 0. The summed E-state index contributed by atoms with van der Waals surface area (Å²) >= 11 is 2.38. The zero-order valence-corrected chi connectivity index (χ0v) is 14.7. The van der Waals surface area contributed by atoms with Crippen LogP contribution >= 0.6 is 22.6 Å². The molecule has 0 unspecified atom stereocenters. The minimum Gasteiger partial charge on any atom is -0.0622 e. The molecule has 0 nitrogen and oxygen atoms in total. The molecule has 0 saturated heterocycles. The smallest absolute Gasteiger partial charge is 0.0136 e. The molecule has 4 aromatic carbocycles. The molecule has 0 amide bonds. The van der Waals surface area contributed by atoms with Crippen LogP contribution in [0.15, 0.2) is 91.0 Å². The SMILES string of the molecule is Ic1ccc2c(-c3ccccc3)cc(-c3ccccc3)cc2c1. The van der Waals surface area contributed by atoms with E-state index in [2.05, 4.69) is 114 Å². The summed E-state index contributed by atoms with van der Waals surface area (Å²) in [7, 11) is 0. The summed E-state index contributed by atoms with van der Waals surface area (Å²) in [5.41, 5.74) is 5.07. The average Bonchev–Trinajstić information content (AvgIpc) is 2.62. The molecule has 1 heteroatoms. The number of halogens is 1. The highest BCUT2D eigenvalue weighted by molar-refractivity contribution is 14.1. The maximum atomic E-state index is 2.38. The van der Waals surface area contributed by atoms with Crippen molar-refractivity contribution < 1.29 is 0 Å². The van der Waals surface area contributed by atoms with Gasteiger partial charge in [0.2, 0.25) is 0 Å². The fraction of sp³-hybridized carbons (Fsp3) is 0. The molecule has 0 aliphatic heterocycles. The Kier molecular flexibility index (Phi) is 3.88. The van der Waals surface area contributed by atoms with E-state index >= 15 is 0 Å². The summed E-state index contributed by atoms with van der Waals surface area (Å²) in [6.45, 7) is 0. The number of fused-ring (bicyclic) bond motifs is 1. The zero-order valence-electron chi connectivity index (χ0n) is 12.5. The molecule has 0 radical (unpaired) electrons. The van der Waals surface area contributed by atoms with Gasteiger partial charge in [-0.3, -0.25) is 0 Å². The Labute approximate surface area is 149 Å². The Morgan fingerprint density at radius 1 is 0.522 bits per heavy atom. The van der Waals surface area contributed by atoms with Crippen molar-refractivity contribution in [1.82, 2.24) is 0 Å². The highest BCUT2D eigenvalue weighted by atomic mass is 127. The molecule has 0 N–H and O–H groups in total. The van der Waals surface area contributed by atoms with E-state index in [1.807, 2.05) is 0 Å². The van der Waals surface area contributed by atoms with Gasteiger partial charge in [-0.2, -0.15) is 0 Å².